The number of carbonyl (C=O) groups is 1. The monoisotopic (exact) mass is 342 g/mol. The molecule has 8 nitrogen and oxygen atoms in total. The van der Waals surface area contributed by atoms with Gasteiger partial charge in [-0.1, -0.05) is 0 Å². The number of fused-ring (bicyclic) bond motifs is 1. The van der Waals surface area contributed by atoms with Crippen molar-refractivity contribution in [3.8, 4) is 5.75 Å². The minimum Gasteiger partial charge on any atom is -0.496 e. The predicted molar refractivity (Wildman–Crippen MR) is 92.3 cm³/mol. The third kappa shape index (κ3) is 2.65. The van der Waals surface area contributed by atoms with Crippen molar-refractivity contribution >= 4 is 16.9 Å². The number of aryl methyl sites for hydroxylation is 1. The van der Waals surface area contributed by atoms with Crippen LogP contribution in [0, 0.1) is 0 Å². The molecule has 3 aromatic rings. The second-order valence-corrected chi connectivity index (χ2v) is 5.83. The van der Waals surface area contributed by atoms with Gasteiger partial charge in [-0.3, -0.25) is 18.7 Å². The number of methoxy groups -OCH3 is 1. The molecule has 0 atom stereocenters. The van der Waals surface area contributed by atoms with Crippen LogP contribution in [0.5, 0.6) is 5.75 Å². The number of rotatable bonds is 4. The standard InChI is InChI=1S/C17H18N4O4/c1-10(22)11-5-6-13(25-4)12(7-11)8-21-9-18-15-14(21)16(23)20(3)17(24)19(15)2/h5-7,9H,8H2,1-4H3. The molecular formula is C17H18N4O4. The Morgan fingerprint density at radius 3 is 2.56 bits per heavy atom. The van der Waals surface area contributed by atoms with E-state index < -0.39 is 11.2 Å². The van der Waals surface area contributed by atoms with Crippen molar-refractivity contribution in [3.63, 3.8) is 0 Å². The van der Waals surface area contributed by atoms with E-state index >= 15 is 0 Å². The Morgan fingerprint density at radius 1 is 1.20 bits per heavy atom. The summed E-state index contributed by atoms with van der Waals surface area (Å²) in [5.41, 5.74) is 1.08. The van der Waals surface area contributed by atoms with Gasteiger partial charge in [-0.25, -0.2) is 9.78 Å². The molecule has 25 heavy (non-hydrogen) atoms. The summed E-state index contributed by atoms with van der Waals surface area (Å²) in [5, 5.41) is 0. The van der Waals surface area contributed by atoms with Crippen molar-refractivity contribution in [1.29, 1.82) is 0 Å². The first-order valence-corrected chi connectivity index (χ1v) is 7.64. The molecule has 0 N–H and O–H groups in total. The molecule has 0 bridgehead atoms. The van der Waals surface area contributed by atoms with Gasteiger partial charge in [0.15, 0.2) is 16.9 Å². The maximum Gasteiger partial charge on any atom is 0.332 e. The van der Waals surface area contributed by atoms with Crippen LogP contribution in [0.25, 0.3) is 11.2 Å². The second-order valence-electron chi connectivity index (χ2n) is 5.83. The topological polar surface area (TPSA) is 88.1 Å². The molecule has 0 spiro atoms. The van der Waals surface area contributed by atoms with Crippen LogP contribution in [-0.4, -0.2) is 31.6 Å². The van der Waals surface area contributed by atoms with Gasteiger partial charge in [-0.05, 0) is 25.1 Å². The Kier molecular flexibility index (Phi) is 4.03. The van der Waals surface area contributed by atoms with Crippen LogP contribution in [0.4, 0.5) is 0 Å². The number of ether oxygens (including phenoxy) is 1. The highest BCUT2D eigenvalue weighted by Crippen LogP contribution is 2.22. The largest absolute Gasteiger partial charge is 0.496 e. The molecule has 1 aromatic carbocycles. The zero-order chi connectivity index (χ0) is 18.3. The molecule has 3 rings (SSSR count). The number of hydrogen-bond donors (Lipinski definition) is 0. The smallest absolute Gasteiger partial charge is 0.332 e. The Bertz CT molecular complexity index is 1100. The number of hydrogen-bond acceptors (Lipinski definition) is 5. The molecule has 0 radical (unpaired) electrons. The van der Waals surface area contributed by atoms with Crippen molar-refractivity contribution in [2.75, 3.05) is 7.11 Å². The van der Waals surface area contributed by atoms with Gasteiger partial charge in [0.1, 0.15) is 5.75 Å². The van der Waals surface area contributed by atoms with Gasteiger partial charge >= 0.3 is 5.69 Å². The third-order valence-corrected chi connectivity index (χ3v) is 4.24. The Hall–Kier alpha value is -3.16. The fourth-order valence-corrected chi connectivity index (χ4v) is 2.82. The molecule has 0 saturated carbocycles. The SMILES string of the molecule is COc1ccc(C(C)=O)cc1Cn1cnc2c1c(=O)n(C)c(=O)n2C. The van der Waals surface area contributed by atoms with Gasteiger partial charge in [0, 0.05) is 25.2 Å². The molecule has 0 aliphatic rings. The zero-order valence-corrected chi connectivity index (χ0v) is 14.4. The van der Waals surface area contributed by atoms with E-state index in [1.165, 1.54) is 24.9 Å². The Morgan fingerprint density at radius 2 is 1.92 bits per heavy atom. The van der Waals surface area contributed by atoms with Crippen LogP contribution in [-0.2, 0) is 20.6 Å². The molecule has 2 aromatic heterocycles. The fraction of sp³-hybridized carbons (Fsp3) is 0.294. The van der Waals surface area contributed by atoms with Crippen LogP contribution in [0.2, 0.25) is 0 Å². The van der Waals surface area contributed by atoms with E-state index in [1.807, 2.05) is 0 Å². The van der Waals surface area contributed by atoms with E-state index in [2.05, 4.69) is 4.98 Å². The lowest BCUT2D eigenvalue weighted by atomic mass is 10.1. The summed E-state index contributed by atoms with van der Waals surface area (Å²) in [6.07, 6.45) is 1.51. The number of Topliss-reactive ketones (excluding diaryl/α,β-unsaturated/α-hetero) is 1. The highest BCUT2D eigenvalue weighted by atomic mass is 16.5. The van der Waals surface area contributed by atoms with Crippen LogP contribution in [0.15, 0.2) is 34.1 Å². The average Bonchev–Trinajstić information content (AvgIpc) is 3.01. The molecule has 2 heterocycles. The van der Waals surface area contributed by atoms with Gasteiger partial charge in [0.25, 0.3) is 5.56 Å². The molecule has 0 aliphatic heterocycles. The van der Waals surface area contributed by atoms with E-state index in [1.54, 1.807) is 36.9 Å². The first-order chi connectivity index (χ1) is 11.8. The molecule has 0 amide bonds. The predicted octanol–water partition coefficient (Wildman–Crippen LogP) is 0.693. The molecular weight excluding hydrogens is 324 g/mol. The maximum absolute atomic E-state index is 12.5. The van der Waals surface area contributed by atoms with E-state index in [0.29, 0.717) is 22.5 Å². The highest BCUT2D eigenvalue weighted by Gasteiger charge is 2.16. The summed E-state index contributed by atoms with van der Waals surface area (Å²) in [4.78, 5) is 40.4. The number of benzene rings is 1. The summed E-state index contributed by atoms with van der Waals surface area (Å²) < 4.78 is 9.38. The Balaban J connectivity index is 2.20. The van der Waals surface area contributed by atoms with Gasteiger partial charge < -0.3 is 9.30 Å². The van der Waals surface area contributed by atoms with Gasteiger partial charge in [-0.15, -0.1) is 0 Å². The van der Waals surface area contributed by atoms with E-state index in [4.69, 9.17) is 4.74 Å². The number of aromatic nitrogens is 4. The van der Waals surface area contributed by atoms with Crippen LogP contribution in [0.1, 0.15) is 22.8 Å². The van der Waals surface area contributed by atoms with Crippen LogP contribution < -0.4 is 16.0 Å². The molecule has 0 aliphatic carbocycles. The molecule has 0 unspecified atom stereocenters. The normalized spacial score (nSPS) is 11.0. The van der Waals surface area contributed by atoms with Crippen molar-refractivity contribution in [1.82, 2.24) is 18.7 Å². The summed E-state index contributed by atoms with van der Waals surface area (Å²) >= 11 is 0. The summed E-state index contributed by atoms with van der Waals surface area (Å²) in [7, 11) is 4.54. The molecule has 0 fully saturated rings. The van der Waals surface area contributed by atoms with Crippen molar-refractivity contribution in [2.24, 2.45) is 14.1 Å². The minimum atomic E-state index is -0.432. The first-order valence-electron chi connectivity index (χ1n) is 7.64. The molecule has 0 saturated heterocycles. The minimum absolute atomic E-state index is 0.0577. The number of nitrogens with zero attached hydrogens (tertiary/aromatic N) is 4. The van der Waals surface area contributed by atoms with E-state index in [0.717, 1.165) is 10.1 Å². The summed E-state index contributed by atoms with van der Waals surface area (Å²) in [5.74, 6) is 0.547. The first kappa shape index (κ1) is 16.7. The lowest BCUT2D eigenvalue weighted by molar-refractivity contribution is 0.101. The van der Waals surface area contributed by atoms with Crippen LogP contribution in [0.3, 0.4) is 0 Å². The van der Waals surface area contributed by atoms with Crippen LogP contribution >= 0.6 is 0 Å². The van der Waals surface area contributed by atoms with Crippen molar-refractivity contribution < 1.29 is 9.53 Å². The number of carbonyl (C=O) groups excluding carboxylic acids is 1. The lowest BCUT2D eigenvalue weighted by Gasteiger charge is -2.11. The third-order valence-electron chi connectivity index (χ3n) is 4.24. The van der Waals surface area contributed by atoms with E-state index in [9.17, 15) is 14.4 Å². The van der Waals surface area contributed by atoms with Crippen molar-refractivity contribution in [2.45, 2.75) is 13.5 Å². The molecule has 130 valence electrons. The summed E-state index contributed by atoms with van der Waals surface area (Å²) in [6, 6.07) is 5.15. The fourth-order valence-electron chi connectivity index (χ4n) is 2.82. The summed E-state index contributed by atoms with van der Waals surface area (Å²) in [6.45, 7) is 1.78. The van der Waals surface area contributed by atoms with Gasteiger partial charge in [0.05, 0.1) is 20.0 Å². The Labute approximate surface area is 142 Å². The van der Waals surface area contributed by atoms with Gasteiger partial charge in [0.2, 0.25) is 0 Å². The number of imidazole rings is 1. The quantitative estimate of drug-likeness (QED) is 0.651. The maximum atomic E-state index is 12.5. The zero-order valence-electron chi connectivity index (χ0n) is 14.4. The average molecular weight is 342 g/mol. The molecule has 8 heteroatoms. The lowest BCUT2D eigenvalue weighted by Crippen LogP contribution is -2.37. The van der Waals surface area contributed by atoms with Gasteiger partial charge in [-0.2, -0.15) is 0 Å². The highest BCUT2D eigenvalue weighted by molar-refractivity contribution is 5.94. The second kappa shape index (κ2) is 6.04. The number of ketones is 1. The van der Waals surface area contributed by atoms with E-state index in [-0.39, 0.29) is 12.3 Å². The van der Waals surface area contributed by atoms with Crippen molar-refractivity contribution in [3.05, 3.63) is 56.5 Å².